The van der Waals surface area contributed by atoms with Crippen molar-refractivity contribution in [2.24, 2.45) is 0 Å². The largest absolute Gasteiger partial charge is 1.00 e. The van der Waals surface area contributed by atoms with Gasteiger partial charge in [0.1, 0.15) is 0 Å². The van der Waals surface area contributed by atoms with Gasteiger partial charge in [-0.15, -0.1) is 15.3 Å². The predicted octanol–water partition coefficient (Wildman–Crippen LogP) is 0.555. The number of H-pyrrole nitrogens is 1. The fraction of sp³-hybridized carbons (Fsp3) is 0.227. The van der Waals surface area contributed by atoms with Crippen molar-refractivity contribution in [2.75, 3.05) is 0 Å². The van der Waals surface area contributed by atoms with Crippen molar-refractivity contribution in [1.29, 1.82) is 0 Å². The van der Waals surface area contributed by atoms with Crippen LogP contribution < -0.4 is 51.4 Å². The summed E-state index contributed by atoms with van der Waals surface area (Å²) < 4.78 is 4.06. The van der Waals surface area contributed by atoms with Crippen molar-refractivity contribution < 1.29 is 51.4 Å². The van der Waals surface area contributed by atoms with Crippen LogP contribution in [0.5, 0.6) is 0 Å². The molecule has 0 bridgehead atoms. The molecule has 150 valence electrons. The van der Waals surface area contributed by atoms with Gasteiger partial charge in [-0.2, -0.15) is 9.84 Å². The zero-order valence-corrected chi connectivity index (χ0v) is 21.1. The molecule has 0 spiro atoms. The molecule has 5 rings (SSSR count). The van der Waals surface area contributed by atoms with Gasteiger partial charge in [-0.1, -0.05) is 62.4 Å². The average Bonchev–Trinajstić information content (AvgIpc) is 3.52. The normalized spacial score (nSPS) is 11.0. The molecular formula is C22H22KN8+. The van der Waals surface area contributed by atoms with Crippen LogP contribution in [-0.4, -0.2) is 40.0 Å². The van der Waals surface area contributed by atoms with Crippen molar-refractivity contribution >= 4 is 5.65 Å². The molecule has 5 aromatic rings. The minimum Gasteiger partial charge on any atom is -0.266 e. The van der Waals surface area contributed by atoms with E-state index >= 15 is 0 Å². The van der Waals surface area contributed by atoms with Crippen LogP contribution in [0.4, 0.5) is 0 Å². The van der Waals surface area contributed by atoms with Crippen LogP contribution in [0.15, 0.2) is 54.7 Å². The molecule has 0 aliphatic rings. The fourth-order valence-corrected chi connectivity index (χ4v) is 3.71. The summed E-state index contributed by atoms with van der Waals surface area (Å²) in [6.07, 6.45) is 3.91. The summed E-state index contributed by atoms with van der Waals surface area (Å²) in [4.78, 5) is 4.66. The smallest absolute Gasteiger partial charge is 0.266 e. The first-order valence-electron chi connectivity index (χ1n) is 10.1. The molecule has 0 amide bonds. The maximum atomic E-state index is 4.66. The Hall–Kier alpha value is -2.17. The summed E-state index contributed by atoms with van der Waals surface area (Å²) in [6, 6.07) is 16.6. The van der Waals surface area contributed by atoms with Crippen LogP contribution >= 0.6 is 0 Å². The van der Waals surface area contributed by atoms with Crippen molar-refractivity contribution in [1.82, 2.24) is 40.0 Å². The van der Waals surface area contributed by atoms with E-state index in [9.17, 15) is 0 Å². The average molecular weight is 438 g/mol. The molecule has 8 nitrogen and oxygen atoms in total. The number of aryl methyl sites for hydroxylation is 2. The molecule has 0 atom stereocenters. The third-order valence-corrected chi connectivity index (χ3v) is 5.29. The molecule has 3 aromatic heterocycles. The van der Waals surface area contributed by atoms with Crippen molar-refractivity contribution in [2.45, 2.75) is 33.2 Å². The predicted molar refractivity (Wildman–Crippen MR) is 114 cm³/mol. The van der Waals surface area contributed by atoms with Gasteiger partial charge in [0.25, 0.3) is 0 Å². The molecule has 3 heterocycles. The van der Waals surface area contributed by atoms with Gasteiger partial charge in [0.2, 0.25) is 5.82 Å². The van der Waals surface area contributed by atoms with Crippen molar-refractivity contribution in [3.05, 3.63) is 71.7 Å². The summed E-state index contributed by atoms with van der Waals surface area (Å²) in [5.74, 6) is 1.47. The number of aromatic nitrogens is 8. The van der Waals surface area contributed by atoms with Gasteiger partial charge < -0.3 is 0 Å². The molecule has 9 heteroatoms. The Morgan fingerprint density at radius 2 is 1.71 bits per heavy atom. The summed E-state index contributed by atoms with van der Waals surface area (Å²) in [5.41, 5.74) is 6.51. The Labute approximate surface area is 222 Å². The summed E-state index contributed by atoms with van der Waals surface area (Å²) >= 11 is 0. The van der Waals surface area contributed by atoms with Gasteiger partial charge in [0.15, 0.2) is 11.5 Å². The van der Waals surface area contributed by atoms with E-state index in [1.54, 1.807) is 0 Å². The second-order valence-corrected chi connectivity index (χ2v) is 7.18. The molecule has 2 aromatic carbocycles. The maximum absolute atomic E-state index is 4.66. The number of rotatable bonds is 6. The first kappa shape index (κ1) is 22.0. The van der Waals surface area contributed by atoms with E-state index in [0.717, 1.165) is 47.5 Å². The van der Waals surface area contributed by atoms with Crippen LogP contribution in [-0.2, 0) is 19.4 Å². The zero-order chi connectivity index (χ0) is 20.5. The molecule has 0 radical (unpaired) electrons. The summed E-state index contributed by atoms with van der Waals surface area (Å²) in [5, 5.41) is 19.1. The number of nitrogens with one attached hydrogen (secondary N) is 1. The van der Waals surface area contributed by atoms with E-state index in [-0.39, 0.29) is 51.4 Å². The Morgan fingerprint density at radius 3 is 2.39 bits per heavy atom. The van der Waals surface area contributed by atoms with E-state index in [0.29, 0.717) is 5.82 Å². The molecule has 0 aliphatic carbocycles. The number of tetrazole rings is 1. The number of fused-ring (bicyclic) bond motifs is 1. The first-order valence-corrected chi connectivity index (χ1v) is 10.1. The number of hydrogen-bond acceptors (Lipinski definition) is 5. The first-order chi connectivity index (χ1) is 14.8. The van der Waals surface area contributed by atoms with E-state index < -0.39 is 0 Å². The summed E-state index contributed by atoms with van der Waals surface area (Å²) in [7, 11) is 0. The zero-order valence-electron chi connectivity index (χ0n) is 17.9. The topological polar surface area (TPSA) is 89.6 Å². The van der Waals surface area contributed by atoms with Gasteiger partial charge in [0, 0.05) is 23.7 Å². The van der Waals surface area contributed by atoms with Gasteiger partial charge in [0.05, 0.1) is 6.54 Å². The van der Waals surface area contributed by atoms with Crippen LogP contribution in [0.3, 0.4) is 0 Å². The maximum Gasteiger partial charge on any atom is 1.00 e. The van der Waals surface area contributed by atoms with Crippen molar-refractivity contribution in [3.8, 4) is 22.5 Å². The minimum absolute atomic E-state index is 0. The molecule has 0 saturated heterocycles. The van der Waals surface area contributed by atoms with Crippen LogP contribution in [0, 0.1) is 0 Å². The standard InChI is InChI=1S/C22H22N8.K/c1-3-16-14-29(30-22(16)23-20(4-2)26-30)13-15-9-11-17(12-10-15)18-7-5-6-8-19(18)21-24-27-28-25-21;/h5-12,14H,3-4,13H2,1-2H3,(H,24,25,27,28);/q;+1. The van der Waals surface area contributed by atoms with Crippen LogP contribution in [0.1, 0.15) is 30.8 Å². The quantitative estimate of drug-likeness (QED) is 0.392. The van der Waals surface area contributed by atoms with E-state index in [1.165, 1.54) is 11.1 Å². The SMILES string of the molecule is CCc1nc2c(CC)cn(Cc3ccc(-c4ccccc4-c4nn[nH]n4)cc3)n2n1.[K+]. The van der Waals surface area contributed by atoms with Crippen LogP contribution in [0.2, 0.25) is 0 Å². The number of benzene rings is 2. The van der Waals surface area contributed by atoms with Gasteiger partial charge in [-0.3, -0.25) is 4.68 Å². The van der Waals surface area contributed by atoms with E-state index in [2.05, 4.69) is 85.8 Å². The summed E-state index contributed by atoms with van der Waals surface area (Å²) in [6.45, 7) is 4.96. The Bertz CT molecular complexity index is 1290. The molecule has 0 fully saturated rings. The second kappa shape index (κ2) is 9.54. The van der Waals surface area contributed by atoms with E-state index in [1.807, 2.05) is 22.8 Å². The monoisotopic (exact) mass is 437 g/mol. The number of nitrogens with zero attached hydrogens (tertiary/aromatic N) is 7. The molecule has 0 saturated carbocycles. The van der Waals surface area contributed by atoms with E-state index in [4.69, 9.17) is 0 Å². The van der Waals surface area contributed by atoms with Gasteiger partial charge in [-0.05, 0) is 28.3 Å². The Kier molecular flexibility index (Phi) is 6.78. The second-order valence-electron chi connectivity index (χ2n) is 7.18. The molecule has 0 unspecified atom stereocenters. The number of hydrogen-bond donors (Lipinski definition) is 1. The van der Waals surface area contributed by atoms with Gasteiger partial charge in [-0.25, -0.2) is 4.98 Å². The Balaban J connectivity index is 0.00000231. The molecular weight excluding hydrogens is 415 g/mol. The Morgan fingerprint density at radius 1 is 0.935 bits per heavy atom. The molecule has 0 aliphatic heterocycles. The number of aromatic amines is 1. The minimum atomic E-state index is 0. The van der Waals surface area contributed by atoms with Crippen molar-refractivity contribution in [3.63, 3.8) is 0 Å². The molecule has 1 N–H and O–H groups in total. The van der Waals surface area contributed by atoms with Crippen LogP contribution in [0.25, 0.3) is 28.2 Å². The third kappa shape index (κ3) is 4.28. The fourth-order valence-electron chi connectivity index (χ4n) is 3.71. The third-order valence-electron chi connectivity index (χ3n) is 5.29. The van der Waals surface area contributed by atoms with Gasteiger partial charge >= 0.3 is 51.4 Å². The molecule has 31 heavy (non-hydrogen) atoms.